The molecule has 0 atom stereocenters. The lowest BCUT2D eigenvalue weighted by atomic mass is 10.1. The molecule has 5 nitrogen and oxygen atoms in total. The van der Waals surface area contributed by atoms with Gasteiger partial charge in [0, 0.05) is 20.3 Å². The van der Waals surface area contributed by atoms with Crippen molar-refractivity contribution in [2.45, 2.75) is 25.2 Å². The van der Waals surface area contributed by atoms with E-state index in [1.807, 2.05) is 6.92 Å². The van der Waals surface area contributed by atoms with E-state index in [1.54, 1.807) is 33.3 Å². The van der Waals surface area contributed by atoms with E-state index < -0.39 is 10.0 Å². The van der Waals surface area contributed by atoms with E-state index in [2.05, 4.69) is 4.72 Å². The van der Waals surface area contributed by atoms with Crippen LogP contribution in [0.25, 0.3) is 0 Å². The minimum absolute atomic E-state index is 0.295. The van der Waals surface area contributed by atoms with Gasteiger partial charge in [0.25, 0.3) is 0 Å². The van der Waals surface area contributed by atoms with Gasteiger partial charge < -0.3 is 9.47 Å². The average Bonchev–Trinajstić information content (AvgIpc) is 2.37. The lowest BCUT2D eigenvalue weighted by Gasteiger charge is -2.13. The number of ether oxygens (including phenoxy) is 2. The van der Waals surface area contributed by atoms with Crippen LogP contribution in [0, 0.1) is 13.8 Å². The van der Waals surface area contributed by atoms with Crippen LogP contribution in [-0.2, 0) is 14.8 Å². The van der Waals surface area contributed by atoms with Crippen LogP contribution in [0.4, 0.5) is 0 Å². The molecule has 0 aliphatic rings. The van der Waals surface area contributed by atoms with Gasteiger partial charge in [-0.1, -0.05) is 0 Å². The van der Waals surface area contributed by atoms with Crippen molar-refractivity contribution in [3.8, 4) is 5.75 Å². The maximum atomic E-state index is 12.2. The first-order chi connectivity index (χ1) is 8.94. The Morgan fingerprint density at radius 1 is 1.16 bits per heavy atom. The van der Waals surface area contributed by atoms with E-state index >= 15 is 0 Å². The fraction of sp³-hybridized carbons (Fsp3) is 0.538. The minimum Gasteiger partial charge on any atom is -0.496 e. The number of methoxy groups -OCH3 is 2. The summed E-state index contributed by atoms with van der Waals surface area (Å²) in [5.74, 6) is 0.691. The largest absolute Gasteiger partial charge is 0.496 e. The summed E-state index contributed by atoms with van der Waals surface area (Å²) >= 11 is 0. The standard InChI is InChI=1S/C13H21NO4S/c1-10-11(2)13(7-6-12(10)18-4)19(15,16)14-8-5-9-17-3/h6-7,14H,5,8-9H2,1-4H3. The zero-order chi connectivity index (χ0) is 14.5. The number of sulfonamides is 1. The normalized spacial score (nSPS) is 11.6. The van der Waals surface area contributed by atoms with Gasteiger partial charge >= 0.3 is 0 Å². The molecule has 1 aromatic carbocycles. The zero-order valence-corrected chi connectivity index (χ0v) is 12.6. The maximum absolute atomic E-state index is 12.2. The molecule has 0 radical (unpaired) electrons. The van der Waals surface area contributed by atoms with Gasteiger partial charge in [0.2, 0.25) is 10.0 Å². The van der Waals surface area contributed by atoms with Crippen molar-refractivity contribution in [2.24, 2.45) is 0 Å². The highest BCUT2D eigenvalue weighted by Crippen LogP contribution is 2.26. The number of rotatable bonds is 7. The van der Waals surface area contributed by atoms with Crippen molar-refractivity contribution in [3.05, 3.63) is 23.3 Å². The zero-order valence-electron chi connectivity index (χ0n) is 11.8. The Bertz CT molecular complexity index is 526. The third-order valence-corrected chi connectivity index (χ3v) is 4.62. The first-order valence-corrected chi connectivity index (χ1v) is 7.55. The van der Waals surface area contributed by atoms with Crippen molar-refractivity contribution in [3.63, 3.8) is 0 Å². The summed E-state index contributed by atoms with van der Waals surface area (Å²) in [7, 11) is -0.323. The maximum Gasteiger partial charge on any atom is 0.240 e. The van der Waals surface area contributed by atoms with Gasteiger partial charge in [-0.2, -0.15) is 0 Å². The lowest BCUT2D eigenvalue weighted by molar-refractivity contribution is 0.196. The summed E-state index contributed by atoms with van der Waals surface area (Å²) < 4.78 is 37.0. The molecule has 0 saturated heterocycles. The summed E-state index contributed by atoms with van der Waals surface area (Å²) in [6.45, 7) is 4.52. The molecule has 0 aliphatic heterocycles. The molecule has 19 heavy (non-hydrogen) atoms. The Labute approximate surface area is 115 Å². The van der Waals surface area contributed by atoms with Crippen LogP contribution in [0.2, 0.25) is 0 Å². The molecule has 0 unspecified atom stereocenters. The Balaban J connectivity index is 2.93. The molecular formula is C13H21NO4S. The first kappa shape index (κ1) is 15.9. The van der Waals surface area contributed by atoms with Crippen LogP contribution in [0.3, 0.4) is 0 Å². The van der Waals surface area contributed by atoms with E-state index in [0.29, 0.717) is 35.8 Å². The van der Waals surface area contributed by atoms with Gasteiger partial charge in [0.15, 0.2) is 0 Å². The number of hydrogen-bond acceptors (Lipinski definition) is 4. The Morgan fingerprint density at radius 2 is 1.84 bits per heavy atom. The summed E-state index contributed by atoms with van der Waals surface area (Å²) in [6, 6.07) is 3.24. The van der Waals surface area contributed by atoms with Crippen molar-refractivity contribution in [1.82, 2.24) is 4.72 Å². The van der Waals surface area contributed by atoms with Crippen LogP contribution in [0.1, 0.15) is 17.5 Å². The van der Waals surface area contributed by atoms with Crippen LogP contribution in [0.15, 0.2) is 17.0 Å². The highest BCUT2D eigenvalue weighted by atomic mass is 32.2. The van der Waals surface area contributed by atoms with Crippen molar-refractivity contribution >= 4 is 10.0 Å². The van der Waals surface area contributed by atoms with Gasteiger partial charge in [0.1, 0.15) is 5.75 Å². The topological polar surface area (TPSA) is 64.6 Å². The van der Waals surface area contributed by atoms with Crippen molar-refractivity contribution in [1.29, 1.82) is 0 Å². The Hall–Kier alpha value is -1.11. The molecule has 1 rings (SSSR count). The fourth-order valence-electron chi connectivity index (χ4n) is 1.78. The number of benzene rings is 1. The second-order valence-electron chi connectivity index (χ2n) is 4.26. The lowest BCUT2D eigenvalue weighted by Crippen LogP contribution is -2.26. The second-order valence-corrected chi connectivity index (χ2v) is 6.00. The molecular weight excluding hydrogens is 266 g/mol. The third-order valence-electron chi connectivity index (χ3n) is 3.01. The van der Waals surface area contributed by atoms with E-state index in [9.17, 15) is 8.42 Å². The predicted octanol–water partition coefficient (Wildman–Crippen LogP) is 1.63. The third kappa shape index (κ3) is 3.92. The van der Waals surface area contributed by atoms with Crippen LogP contribution < -0.4 is 9.46 Å². The average molecular weight is 287 g/mol. The minimum atomic E-state index is -3.48. The van der Waals surface area contributed by atoms with Crippen LogP contribution in [0.5, 0.6) is 5.75 Å². The Morgan fingerprint density at radius 3 is 2.42 bits per heavy atom. The Kier molecular flexibility index (Phi) is 5.78. The van der Waals surface area contributed by atoms with E-state index in [4.69, 9.17) is 9.47 Å². The first-order valence-electron chi connectivity index (χ1n) is 6.07. The SMILES string of the molecule is COCCCNS(=O)(=O)c1ccc(OC)c(C)c1C. The summed E-state index contributed by atoms with van der Waals surface area (Å²) in [5, 5.41) is 0. The summed E-state index contributed by atoms with van der Waals surface area (Å²) in [4.78, 5) is 0.295. The molecule has 0 amide bonds. The van der Waals surface area contributed by atoms with Crippen LogP contribution >= 0.6 is 0 Å². The smallest absolute Gasteiger partial charge is 0.240 e. The van der Waals surface area contributed by atoms with Gasteiger partial charge in [-0.15, -0.1) is 0 Å². The van der Waals surface area contributed by atoms with E-state index in [1.165, 1.54) is 0 Å². The predicted molar refractivity (Wildman–Crippen MR) is 74.1 cm³/mol. The van der Waals surface area contributed by atoms with E-state index in [0.717, 1.165) is 5.56 Å². The molecule has 0 heterocycles. The molecule has 1 N–H and O–H groups in total. The molecule has 0 aliphatic carbocycles. The molecule has 0 aromatic heterocycles. The molecule has 6 heteroatoms. The highest BCUT2D eigenvalue weighted by Gasteiger charge is 2.18. The quantitative estimate of drug-likeness (QED) is 0.774. The van der Waals surface area contributed by atoms with Gasteiger partial charge in [-0.05, 0) is 43.5 Å². The fourth-order valence-corrected chi connectivity index (χ4v) is 3.16. The van der Waals surface area contributed by atoms with Crippen LogP contribution in [-0.4, -0.2) is 35.8 Å². The van der Waals surface area contributed by atoms with Gasteiger partial charge in [-0.3, -0.25) is 0 Å². The molecule has 108 valence electrons. The molecule has 0 bridgehead atoms. The molecule has 1 aromatic rings. The number of nitrogens with one attached hydrogen (secondary N) is 1. The van der Waals surface area contributed by atoms with E-state index in [-0.39, 0.29) is 0 Å². The second kappa shape index (κ2) is 6.88. The molecule has 0 spiro atoms. The van der Waals surface area contributed by atoms with Crippen molar-refractivity contribution in [2.75, 3.05) is 27.4 Å². The molecule has 0 fully saturated rings. The van der Waals surface area contributed by atoms with Crippen molar-refractivity contribution < 1.29 is 17.9 Å². The summed E-state index contributed by atoms with van der Waals surface area (Å²) in [6.07, 6.45) is 0.643. The van der Waals surface area contributed by atoms with Gasteiger partial charge in [0.05, 0.1) is 12.0 Å². The van der Waals surface area contributed by atoms with Gasteiger partial charge in [-0.25, -0.2) is 13.1 Å². The monoisotopic (exact) mass is 287 g/mol. The number of hydrogen-bond donors (Lipinski definition) is 1. The molecule has 0 saturated carbocycles. The summed E-state index contributed by atoms with van der Waals surface area (Å²) in [5.41, 5.74) is 1.54. The highest BCUT2D eigenvalue weighted by molar-refractivity contribution is 7.89.